The molecule has 0 aliphatic carbocycles. The van der Waals surface area contributed by atoms with Gasteiger partial charge in [-0.1, -0.05) is 60.8 Å². The highest BCUT2D eigenvalue weighted by molar-refractivity contribution is 6.77. The molecular formula is C16H36O3Si. The Morgan fingerprint density at radius 3 is 1.60 bits per heavy atom. The van der Waals surface area contributed by atoms with Gasteiger partial charge in [-0.15, -0.1) is 0 Å². The van der Waals surface area contributed by atoms with Gasteiger partial charge in [-0.3, -0.25) is 0 Å². The number of hydrogen-bond donors (Lipinski definition) is 0. The summed E-state index contributed by atoms with van der Waals surface area (Å²) < 4.78 is 17.1. The average molecular weight is 305 g/mol. The second kappa shape index (κ2) is 10.8. The van der Waals surface area contributed by atoms with Crippen molar-refractivity contribution in [1.82, 2.24) is 0 Å². The molecule has 0 aromatic rings. The summed E-state index contributed by atoms with van der Waals surface area (Å²) in [4.78, 5) is 0. The molecule has 122 valence electrons. The van der Waals surface area contributed by atoms with Crippen LogP contribution in [0.5, 0.6) is 0 Å². The molecule has 0 aliphatic heterocycles. The Balaban J connectivity index is 4.89. The number of rotatable bonds is 12. The first-order valence-corrected chi connectivity index (χ1v) is 10.4. The summed E-state index contributed by atoms with van der Waals surface area (Å²) in [5.74, 6) is 0. The van der Waals surface area contributed by atoms with E-state index in [0.29, 0.717) is 36.6 Å². The lowest BCUT2D eigenvalue weighted by Crippen LogP contribution is -2.50. The van der Waals surface area contributed by atoms with E-state index in [9.17, 15) is 0 Å². The number of ether oxygens (including phenoxy) is 2. The number of methoxy groups -OCH3 is 1. The van der Waals surface area contributed by atoms with E-state index >= 15 is 0 Å². The zero-order chi connectivity index (χ0) is 15.6. The fourth-order valence-corrected chi connectivity index (χ4v) is 9.16. The van der Waals surface area contributed by atoms with Crippen LogP contribution in [0, 0.1) is 0 Å². The van der Waals surface area contributed by atoms with Gasteiger partial charge in [0.15, 0.2) is 0 Å². The van der Waals surface area contributed by atoms with Crippen LogP contribution in [0.15, 0.2) is 0 Å². The average Bonchev–Trinajstić information content (AvgIpc) is 2.48. The molecule has 3 atom stereocenters. The van der Waals surface area contributed by atoms with Crippen LogP contribution < -0.4 is 0 Å². The Bertz CT molecular complexity index is 209. The number of hydrogen-bond acceptors (Lipinski definition) is 3. The Hall–Kier alpha value is 0.0969. The fraction of sp³-hybridized carbons (Fsp3) is 1.00. The molecule has 0 N–H and O–H groups in total. The summed E-state index contributed by atoms with van der Waals surface area (Å²) in [5.41, 5.74) is 2.00. The van der Waals surface area contributed by atoms with Gasteiger partial charge in [0.25, 0.3) is 0 Å². The minimum Gasteiger partial charge on any atom is -0.394 e. The van der Waals surface area contributed by atoms with E-state index in [0.717, 1.165) is 0 Å². The van der Waals surface area contributed by atoms with Gasteiger partial charge < -0.3 is 13.9 Å². The van der Waals surface area contributed by atoms with Gasteiger partial charge in [-0.2, -0.15) is 0 Å². The summed E-state index contributed by atoms with van der Waals surface area (Å²) in [6.45, 7) is 15.6. The molecule has 0 rings (SSSR count). The van der Waals surface area contributed by atoms with Crippen molar-refractivity contribution >= 4 is 8.32 Å². The standard InChI is InChI=1S/C16H36O3Si/c1-8-14(4)20(15(5)9-2,16(6)10-3)19-13-18-12-11-17-7/h14-16H,8-13H2,1-7H3. The monoisotopic (exact) mass is 304 g/mol. The smallest absolute Gasteiger partial charge is 0.204 e. The Morgan fingerprint density at radius 2 is 1.25 bits per heavy atom. The third-order valence-electron chi connectivity index (χ3n) is 4.97. The van der Waals surface area contributed by atoms with Crippen LogP contribution >= 0.6 is 0 Å². The van der Waals surface area contributed by atoms with Crippen molar-refractivity contribution in [2.45, 2.75) is 77.4 Å². The first kappa shape index (κ1) is 20.1. The molecule has 0 radical (unpaired) electrons. The minimum atomic E-state index is -1.83. The van der Waals surface area contributed by atoms with Crippen molar-refractivity contribution in [2.75, 3.05) is 27.1 Å². The van der Waals surface area contributed by atoms with Crippen LogP contribution in [-0.2, 0) is 13.9 Å². The Morgan fingerprint density at radius 1 is 0.800 bits per heavy atom. The van der Waals surface area contributed by atoms with Crippen molar-refractivity contribution in [3.63, 3.8) is 0 Å². The fourth-order valence-electron chi connectivity index (χ4n) is 3.19. The van der Waals surface area contributed by atoms with E-state index in [4.69, 9.17) is 13.9 Å². The maximum absolute atomic E-state index is 6.50. The summed E-state index contributed by atoms with van der Waals surface area (Å²) in [6, 6.07) is 0. The van der Waals surface area contributed by atoms with E-state index in [1.165, 1.54) is 19.3 Å². The second-order valence-corrected chi connectivity index (χ2v) is 10.9. The molecule has 4 heteroatoms. The zero-order valence-electron chi connectivity index (χ0n) is 14.7. The van der Waals surface area contributed by atoms with Crippen molar-refractivity contribution in [3.05, 3.63) is 0 Å². The second-order valence-electron chi connectivity index (χ2n) is 5.94. The molecule has 0 saturated carbocycles. The van der Waals surface area contributed by atoms with Crippen molar-refractivity contribution in [2.24, 2.45) is 0 Å². The lowest BCUT2D eigenvalue weighted by atomic mass is 10.3. The largest absolute Gasteiger partial charge is 0.394 e. The molecule has 0 aliphatic rings. The quantitative estimate of drug-likeness (QED) is 0.289. The normalized spacial score (nSPS) is 19.4. The highest BCUT2D eigenvalue weighted by atomic mass is 28.4. The first-order valence-electron chi connectivity index (χ1n) is 8.21. The maximum Gasteiger partial charge on any atom is 0.204 e. The Labute approximate surface area is 127 Å². The predicted octanol–water partition coefficient (Wildman–Crippen LogP) is 4.97. The van der Waals surface area contributed by atoms with Crippen LogP contribution in [-0.4, -0.2) is 35.4 Å². The molecule has 0 aromatic heterocycles. The minimum absolute atomic E-state index is 0.425. The molecule has 0 fully saturated rings. The highest BCUT2D eigenvalue weighted by Crippen LogP contribution is 2.46. The Kier molecular flexibility index (Phi) is 10.8. The van der Waals surface area contributed by atoms with E-state index in [1.54, 1.807) is 7.11 Å². The van der Waals surface area contributed by atoms with Gasteiger partial charge in [0.2, 0.25) is 8.32 Å². The van der Waals surface area contributed by atoms with Crippen LogP contribution in [0.3, 0.4) is 0 Å². The third kappa shape index (κ3) is 5.13. The molecule has 3 unspecified atom stereocenters. The molecule has 0 spiro atoms. The highest BCUT2D eigenvalue weighted by Gasteiger charge is 2.48. The first-order chi connectivity index (χ1) is 9.50. The third-order valence-corrected chi connectivity index (χ3v) is 11.4. The molecule has 3 nitrogen and oxygen atoms in total. The van der Waals surface area contributed by atoms with Crippen molar-refractivity contribution in [1.29, 1.82) is 0 Å². The van der Waals surface area contributed by atoms with Gasteiger partial charge in [-0.25, -0.2) is 0 Å². The van der Waals surface area contributed by atoms with Crippen LogP contribution in [0.4, 0.5) is 0 Å². The van der Waals surface area contributed by atoms with Crippen molar-refractivity contribution < 1.29 is 13.9 Å². The SMILES string of the molecule is CCC(C)[Si](OCOCCOC)(C(C)CC)C(C)CC. The summed E-state index contributed by atoms with van der Waals surface area (Å²) in [5, 5.41) is 0. The molecule has 0 heterocycles. The summed E-state index contributed by atoms with van der Waals surface area (Å²) >= 11 is 0. The van der Waals surface area contributed by atoms with Gasteiger partial charge >= 0.3 is 0 Å². The topological polar surface area (TPSA) is 27.7 Å². The molecule has 20 heavy (non-hydrogen) atoms. The van der Waals surface area contributed by atoms with E-state index in [-0.39, 0.29) is 0 Å². The molecule has 0 aromatic carbocycles. The van der Waals surface area contributed by atoms with E-state index < -0.39 is 8.32 Å². The van der Waals surface area contributed by atoms with E-state index in [1.807, 2.05) is 0 Å². The van der Waals surface area contributed by atoms with Gasteiger partial charge in [0.05, 0.1) is 13.2 Å². The van der Waals surface area contributed by atoms with Gasteiger partial charge in [0, 0.05) is 7.11 Å². The van der Waals surface area contributed by atoms with Gasteiger partial charge in [0.1, 0.15) is 6.79 Å². The molecule has 0 bridgehead atoms. The van der Waals surface area contributed by atoms with Gasteiger partial charge in [-0.05, 0) is 16.6 Å². The van der Waals surface area contributed by atoms with Crippen molar-refractivity contribution in [3.8, 4) is 0 Å². The predicted molar refractivity (Wildman–Crippen MR) is 88.7 cm³/mol. The van der Waals surface area contributed by atoms with Crippen LogP contribution in [0.1, 0.15) is 60.8 Å². The van der Waals surface area contributed by atoms with E-state index in [2.05, 4.69) is 41.5 Å². The lowest BCUT2D eigenvalue weighted by molar-refractivity contribution is -0.0177. The van der Waals surface area contributed by atoms with Crippen LogP contribution in [0.2, 0.25) is 16.6 Å². The zero-order valence-corrected chi connectivity index (χ0v) is 15.7. The molecule has 0 saturated heterocycles. The van der Waals surface area contributed by atoms with Crippen LogP contribution in [0.25, 0.3) is 0 Å². The molecule has 0 amide bonds. The summed E-state index contributed by atoms with van der Waals surface area (Å²) in [6.07, 6.45) is 3.58. The summed E-state index contributed by atoms with van der Waals surface area (Å²) in [7, 11) is -0.137. The lowest BCUT2D eigenvalue weighted by Gasteiger charge is -2.45. The maximum atomic E-state index is 6.50. The molecular weight excluding hydrogens is 268 g/mol.